The Kier molecular flexibility index (Phi) is 4.29. The smallest absolute Gasteiger partial charge is 0.159 e. The van der Waals surface area contributed by atoms with Crippen LogP contribution in [0.15, 0.2) is 47.6 Å². The first-order chi connectivity index (χ1) is 12.3. The Morgan fingerprint density at radius 3 is 2.92 bits per heavy atom. The van der Waals surface area contributed by atoms with E-state index in [1.165, 1.54) is 0 Å². The van der Waals surface area contributed by atoms with Crippen molar-refractivity contribution in [3.8, 4) is 5.69 Å². The highest BCUT2D eigenvalue weighted by molar-refractivity contribution is 6.31. The van der Waals surface area contributed by atoms with Crippen molar-refractivity contribution in [1.29, 1.82) is 0 Å². The number of aliphatic imine (C=N–C) groups is 1. The van der Waals surface area contributed by atoms with Crippen LogP contribution in [0.2, 0.25) is 5.02 Å². The summed E-state index contributed by atoms with van der Waals surface area (Å²) >= 11 is 6.28. The number of fused-ring (bicyclic) bond motifs is 3. The molecule has 0 atom stereocenters. The molecular weight excluding hydrogens is 336 g/mol. The van der Waals surface area contributed by atoms with Crippen LogP contribution >= 0.6 is 11.6 Å². The van der Waals surface area contributed by atoms with Crippen LogP contribution in [0.4, 0.5) is 0 Å². The van der Waals surface area contributed by atoms with Crippen LogP contribution in [-0.4, -0.2) is 39.1 Å². The van der Waals surface area contributed by atoms with Gasteiger partial charge in [0.05, 0.1) is 17.1 Å². The normalized spacial score (nSPS) is 13.0. The number of aromatic nitrogens is 4. The molecule has 0 spiro atoms. The Bertz CT molecular complexity index is 932. The van der Waals surface area contributed by atoms with Gasteiger partial charge in [-0.25, -0.2) is 0 Å². The number of rotatable bonds is 4. The third-order valence-corrected chi connectivity index (χ3v) is 4.37. The second-order valence-corrected chi connectivity index (χ2v) is 6.20. The molecule has 1 aliphatic rings. The zero-order valence-electron chi connectivity index (χ0n) is 13.8. The van der Waals surface area contributed by atoms with Crippen molar-refractivity contribution < 1.29 is 0 Å². The predicted molar refractivity (Wildman–Crippen MR) is 97.6 cm³/mol. The maximum Gasteiger partial charge on any atom is 0.159 e. The summed E-state index contributed by atoms with van der Waals surface area (Å²) in [6, 6.07) is 11.6. The Morgan fingerprint density at radius 1 is 1.20 bits per heavy atom. The summed E-state index contributed by atoms with van der Waals surface area (Å²) in [5, 5.41) is 12.5. The van der Waals surface area contributed by atoms with Gasteiger partial charge >= 0.3 is 0 Å². The first kappa shape index (κ1) is 15.9. The van der Waals surface area contributed by atoms with Crippen molar-refractivity contribution in [2.45, 2.75) is 13.0 Å². The van der Waals surface area contributed by atoms with Crippen molar-refractivity contribution in [2.75, 3.05) is 13.6 Å². The second kappa shape index (κ2) is 6.74. The minimum absolute atomic E-state index is 0.449. The van der Waals surface area contributed by atoms with Gasteiger partial charge in [-0.2, -0.15) is 0 Å². The van der Waals surface area contributed by atoms with Crippen molar-refractivity contribution >= 4 is 17.3 Å². The quantitative estimate of drug-likeness (QED) is 0.783. The number of hydrogen-bond donors (Lipinski definition) is 1. The van der Waals surface area contributed by atoms with Gasteiger partial charge in [0.15, 0.2) is 5.82 Å². The van der Waals surface area contributed by atoms with E-state index in [-0.39, 0.29) is 0 Å². The lowest BCUT2D eigenvalue weighted by molar-refractivity contribution is 0.735. The highest BCUT2D eigenvalue weighted by atomic mass is 35.5. The van der Waals surface area contributed by atoms with Crippen LogP contribution in [0.3, 0.4) is 0 Å². The lowest BCUT2D eigenvalue weighted by Gasteiger charge is -2.13. The molecular formula is C18H17ClN6. The van der Waals surface area contributed by atoms with E-state index in [9.17, 15) is 0 Å². The fraction of sp³-hybridized carbons (Fsp3) is 0.222. The molecule has 0 saturated carbocycles. The molecule has 3 aromatic rings. The topological polar surface area (TPSA) is 68.0 Å². The molecule has 0 radical (unpaired) electrons. The largest absolute Gasteiger partial charge is 0.319 e. The average molecular weight is 353 g/mol. The van der Waals surface area contributed by atoms with Gasteiger partial charge in [-0.3, -0.25) is 14.5 Å². The van der Waals surface area contributed by atoms with Gasteiger partial charge < -0.3 is 5.32 Å². The summed E-state index contributed by atoms with van der Waals surface area (Å²) in [7, 11) is 1.93. The SMILES string of the molecule is CNCCc1nnc2n1-c1ccc(Cl)cc1C(c1ccccn1)=NC2. The number of hydrogen-bond acceptors (Lipinski definition) is 5. The van der Waals surface area contributed by atoms with E-state index in [4.69, 9.17) is 16.6 Å². The molecule has 1 N–H and O–H groups in total. The van der Waals surface area contributed by atoms with E-state index in [1.807, 2.05) is 43.4 Å². The summed E-state index contributed by atoms with van der Waals surface area (Å²) in [5.41, 5.74) is 3.57. The number of pyridine rings is 1. The van der Waals surface area contributed by atoms with Crippen LogP contribution in [0.5, 0.6) is 0 Å². The summed E-state index contributed by atoms with van der Waals surface area (Å²) in [5.74, 6) is 1.73. The maximum atomic E-state index is 6.28. The van der Waals surface area contributed by atoms with E-state index in [0.29, 0.717) is 11.6 Å². The van der Waals surface area contributed by atoms with Crippen LogP contribution in [0.25, 0.3) is 5.69 Å². The molecule has 0 amide bonds. The molecule has 0 bridgehead atoms. The molecule has 7 heteroatoms. The molecule has 3 heterocycles. The first-order valence-corrected chi connectivity index (χ1v) is 8.49. The first-order valence-electron chi connectivity index (χ1n) is 8.12. The summed E-state index contributed by atoms with van der Waals surface area (Å²) in [6.45, 7) is 1.28. The number of halogens is 1. The molecule has 1 aliphatic heterocycles. The van der Waals surface area contributed by atoms with Crippen LogP contribution in [-0.2, 0) is 13.0 Å². The molecule has 0 saturated heterocycles. The molecule has 126 valence electrons. The molecule has 4 rings (SSSR count). The molecule has 25 heavy (non-hydrogen) atoms. The molecule has 6 nitrogen and oxygen atoms in total. The number of nitrogens with one attached hydrogen (secondary N) is 1. The summed E-state index contributed by atoms with van der Waals surface area (Å²) in [6.07, 6.45) is 2.55. The number of benzene rings is 1. The van der Waals surface area contributed by atoms with Crippen molar-refractivity contribution in [3.63, 3.8) is 0 Å². The highest BCUT2D eigenvalue weighted by Crippen LogP contribution is 2.27. The van der Waals surface area contributed by atoms with Crippen molar-refractivity contribution in [1.82, 2.24) is 25.1 Å². The lowest BCUT2D eigenvalue weighted by Crippen LogP contribution is -2.15. The Hall–Kier alpha value is -2.57. The van der Waals surface area contributed by atoms with Gasteiger partial charge in [0.25, 0.3) is 0 Å². The third-order valence-electron chi connectivity index (χ3n) is 4.14. The van der Waals surface area contributed by atoms with Gasteiger partial charge in [-0.05, 0) is 37.4 Å². The lowest BCUT2D eigenvalue weighted by atomic mass is 10.0. The summed E-state index contributed by atoms with van der Waals surface area (Å²) in [4.78, 5) is 9.23. The molecule has 2 aromatic heterocycles. The highest BCUT2D eigenvalue weighted by Gasteiger charge is 2.23. The van der Waals surface area contributed by atoms with E-state index in [0.717, 1.165) is 47.3 Å². The Balaban J connectivity index is 1.90. The van der Waals surface area contributed by atoms with Crippen molar-refractivity contribution in [3.05, 3.63) is 70.5 Å². The Morgan fingerprint density at radius 2 is 2.12 bits per heavy atom. The zero-order valence-corrected chi connectivity index (χ0v) is 14.5. The van der Waals surface area contributed by atoms with E-state index < -0.39 is 0 Å². The molecule has 0 aliphatic carbocycles. The van der Waals surface area contributed by atoms with E-state index in [2.05, 4.69) is 25.1 Å². The number of likely N-dealkylation sites (N-methyl/N-ethyl adjacent to an activating group) is 1. The van der Waals surface area contributed by atoms with E-state index in [1.54, 1.807) is 6.20 Å². The average Bonchev–Trinajstić information content (AvgIpc) is 2.96. The number of nitrogens with zero attached hydrogens (tertiary/aromatic N) is 5. The minimum Gasteiger partial charge on any atom is -0.319 e. The molecule has 0 fully saturated rings. The summed E-state index contributed by atoms with van der Waals surface area (Å²) < 4.78 is 2.09. The maximum absolute atomic E-state index is 6.28. The van der Waals surface area contributed by atoms with Gasteiger partial charge in [0.1, 0.15) is 12.4 Å². The van der Waals surface area contributed by atoms with Gasteiger partial charge in [-0.1, -0.05) is 17.7 Å². The fourth-order valence-corrected chi connectivity index (χ4v) is 3.15. The van der Waals surface area contributed by atoms with Crippen LogP contribution in [0, 0.1) is 0 Å². The van der Waals surface area contributed by atoms with Gasteiger partial charge in [0, 0.05) is 29.7 Å². The Labute approximate surface area is 150 Å². The van der Waals surface area contributed by atoms with Crippen molar-refractivity contribution in [2.24, 2.45) is 4.99 Å². The molecule has 0 unspecified atom stereocenters. The molecule has 1 aromatic carbocycles. The minimum atomic E-state index is 0.449. The second-order valence-electron chi connectivity index (χ2n) is 5.76. The fourth-order valence-electron chi connectivity index (χ4n) is 2.98. The van der Waals surface area contributed by atoms with Gasteiger partial charge in [0.2, 0.25) is 0 Å². The predicted octanol–water partition coefficient (Wildman–Crippen LogP) is 2.43. The third kappa shape index (κ3) is 2.94. The monoisotopic (exact) mass is 352 g/mol. The van der Waals surface area contributed by atoms with Crippen LogP contribution < -0.4 is 5.32 Å². The van der Waals surface area contributed by atoms with E-state index >= 15 is 0 Å². The zero-order chi connectivity index (χ0) is 17.2. The van der Waals surface area contributed by atoms with Crippen LogP contribution in [0.1, 0.15) is 22.9 Å². The van der Waals surface area contributed by atoms with Gasteiger partial charge in [-0.15, -0.1) is 10.2 Å². The standard InChI is InChI=1S/C18H17ClN6/c1-20-9-7-16-23-24-17-11-22-18(14-4-2-3-8-21-14)13-10-12(19)5-6-15(13)25(16)17/h2-6,8,10,20H,7,9,11H2,1H3.